The van der Waals surface area contributed by atoms with Crippen molar-refractivity contribution in [3.63, 3.8) is 0 Å². The predicted octanol–water partition coefficient (Wildman–Crippen LogP) is 2.87. The summed E-state index contributed by atoms with van der Waals surface area (Å²) in [5.41, 5.74) is -1.26. The number of likely N-dealkylation sites (tertiary alicyclic amines) is 1. The van der Waals surface area contributed by atoms with Crippen molar-refractivity contribution in [2.75, 3.05) is 19.6 Å². The Labute approximate surface area is 202 Å². The lowest BCUT2D eigenvalue weighted by Crippen LogP contribution is -2.54. The molecule has 1 aliphatic carbocycles. The Bertz CT molecular complexity index is 821. The number of hydrogen-bond acceptors (Lipinski definition) is 4. The fourth-order valence-electron chi connectivity index (χ4n) is 5.87. The molecule has 3 aliphatic heterocycles. The Kier molecular flexibility index (Phi) is 7.94. The van der Waals surface area contributed by atoms with E-state index < -0.39 is 23.5 Å². The SMILES string of the molecule is O=C1NC2(C(=O)O)CC2C=CCCCCCCC(CC(=O)N2CCCCC2)C(=O)N2CCCC12. The molecule has 2 saturated heterocycles. The molecule has 4 rings (SSSR count). The average Bonchev–Trinajstić information content (AvgIpc) is 3.30. The number of amides is 3. The van der Waals surface area contributed by atoms with Crippen molar-refractivity contribution in [3.05, 3.63) is 12.2 Å². The first-order valence-corrected chi connectivity index (χ1v) is 13.2. The molecule has 0 spiro atoms. The lowest BCUT2D eigenvalue weighted by Gasteiger charge is -2.31. The molecule has 0 bridgehead atoms. The number of carboxylic acid groups (broad SMARTS) is 1. The monoisotopic (exact) mass is 473 g/mol. The number of fused-ring (bicyclic) bond motifs is 2. The van der Waals surface area contributed by atoms with Crippen molar-refractivity contribution in [1.29, 1.82) is 0 Å². The van der Waals surface area contributed by atoms with E-state index in [1.165, 1.54) is 0 Å². The van der Waals surface area contributed by atoms with Crippen LogP contribution in [-0.4, -0.2) is 69.8 Å². The molecule has 1 saturated carbocycles. The van der Waals surface area contributed by atoms with Gasteiger partial charge >= 0.3 is 5.97 Å². The number of nitrogens with zero attached hydrogens (tertiary/aromatic N) is 2. The van der Waals surface area contributed by atoms with Crippen LogP contribution >= 0.6 is 0 Å². The summed E-state index contributed by atoms with van der Waals surface area (Å²) in [7, 11) is 0. The zero-order valence-corrected chi connectivity index (χ0v) is 20.2. The van der Waals surface area contributed by atoms with E-state index in [0.717, 1.165) is 64.5 Å². The van der Waals surface area contributed by atoms with Crippen molar-refractivity contribution in [2.24, 2.45) is 11.8 Å². The first kappa shape index (κ1) is 24.7. The summed E-state index contributed by atoms with van der Waals surface area (Å²) < 4.78 is 0. The molecule has 2 N–H and O–H groups in total. The summed E-state index contributed by atoms with van der Waals surface area (Å²) >= 11 is 0. The average molecular weight is 474 g/mol. The van der Waals surface area contributed by atoms with Gasteiger partial charge < -0.3 is 20.2 Å². The Morgan fingerprint density at radius 2 is 1.71 bits per heavy atom. The number of carbonyl (C=O) groups is 4. The molecule has 34 heavy (non-hydrogen) atoms. The maximum absolute atomic E-state index is 13.6. The highest BCUT2D eigenvalue weighted by atomic mass is 16.4. The normalized spacial score (nSPS) is 33.1. The molecular formula is C26H39N3O5. The van der Waals surface area contributed by atoms with Crippen LogP contribution in [0, 0.1) is 11.8 Å². The van der Waals surface area contributed by atoms with E-state index in [2.05, 4.69) is 5.32 Å². The van der Waals surface area contributed by atoms with Crippen LogP contribution in [0.1, 0.15) is 83.5 Å². The van der Waals surface area contributed by atoms with Gasteiger partial charge in [-0.3, -0.25) is 14.4 Å². The van der Waals surface area contributed by atoms with Crippen LogP contribution < -0.4 is 5.32 Å². The Morgan fingerprint density at radius 3 is 2.47 bits per heavy atom. The Hall–Kier alpha value is -2.38. The second-order valence-corrected chi connectivity index (χ2v) is 10.5. The van der Waals surface area contributed by atoms with Crippen LogP contribution in [-0.2, 0) is 19.2 Å². The van der Waals surface area contributed by atoms with Crippen molar-refractivity contribution in [2.45, 2.75) is 95.1 Å². The van der Waals surface area contributed by atoms with Crippen molar-refractivity contribution in [1.82, 2.24) is 15.1 Å². The van der Waals surface area contributed by atoms with E-state index >= 15 is 0 Å². The summed E-state index contributed by atoms with van der Waals surface area (Å²) in [5.74, 6) is -2.09. The number of piperidine rings is 1. The van der Waals surface area contributed by atoms with Crippen LogP contribution in [0.25, 0.3) is 0 Å². The Morgan fingerprint density at radius 1 is 0.971 bits per heavy atom. The number of aliphatic carboxylic acids is 1. The smallest absolute Gasteiger partial charge is 0.330 e. The summed E-state index contributed by atoms with van der Waals surface area (Å²) in [5, 5.41) is 12.6. The zero-order chi connectivity index (χ0) is 24.1. The predicted molar refractivity (Wildman–Crippen MR) is 127 cm³/mol. The molecule has 3 heterocycles. The van der Waals surface area contributed by atoms with Crippen LogP contribution in [0.15, 0.2) is 12.2 Å². The number of carboxylic acids is 1. The molecule has 4 unspecified atom stereocenters. The van der Waals surface area contributed by atoms with Gasteiger partial charge in [0.25, 0.3) is 0 Å². The molecule has 4 aliphatic rings. The third-order valence-corrected chi connectivity index (χ3v) is 8.10. The second kappa shape index (κ2) is 10.9. The van der Waals surface area contributed by atoms with Gasteiger partial charge in [-0.25, -0.2) is 4.79 Å². The minimum Gasteiger partial charge on any atom is -0.479 e. The molecule has 4 atom stereocenters. The topological polar surface area (TPSA) is 107 Å². The van der Waals surface area contributed by atoms with Crippen molar-refractivity contribution < 1.29 is 24.3 Å². The van der Waals surface area contributed by atoms with Crippen LogP contribution in [0.3, 0.4) is 0 Å². The van der Waals surface area contributed by atoms with Crippen LogP contribution in [0.2, 0.25) is 0 Å². The maximum Gasteiger partial charge on any atom is 0.330 e. The van der Waals surface area contributed by atoms with Crippen molar-refractivity contribution in [3.8, 4) is 0 Å². The van der Waals surface area contributed by atoms with Gasteiger partial charge in [0.05, 0.1) is 0 Å². The first-order valence-electron chi connectivity index (χ1n) is 13.2. The molecule has 8 heteroatoms. The number of allylic oxidation sites excluding steroid dienone is 1. The highest BCUT2D eigenvalue weighted by Gasteiger charge is 2.61. The summed E-state index contributed by atoms with van der Waals surface area (Å²) in [6, 6.07) is -0.658. The first-order chi connectivity index (χ1) is 16.4. The second-order valence-electron chi connectivity index (χ2n) is 10.5. The van der Waals surface area contributed by atoms with Gasteiger partial charge in [-0.15, -0.1) is 0 Å². The van der Waals surface area contributed by atoms with Gasteiger partial charge in [0.2, 0.25) is 17.7 Å². The van der Waals surface area contributed by atoms with E-state index in [4.69, 9.17) is 0 Å². The number of carbonyl (C=O) groups excluding carboxylic acids is 3. The van der Waals surface area contributed by atoms with Gasteiger partial charge in [-0.05, 0) is 57.8 Å². The van der Waals surface area contributed by atoms with E-state index in [9.17, 15) is 24.3 Å². The zero-order valence-electron chi connectivity index (χ0n) is 20.2. The van der Waals surface area contributed by atoms with Gasteiger partial charge in [0.1, 0.15) is 11.6 Å². The molecule has 0 radical (unpaired) electrons. The minimum atomic E-state index is -1.26. The molecule has 188 valence electrons. The Balaban J connectivity index is 1.50. The minimum absolute atomic E-state index is 0.0449. The van der Waals surface area contributed by atoms with Crippen molar-refractivity contribution >= 4 is 23.7 Å². The van der Waals surface area contributed by atoms with Gasteiger partial charge in [-0.1, -0.05) is 31.4 Å². The third-order valence-electron chi connectivity index (χ3n) is 8.10. The van der Waals surface area contributed by atoms with E-state index in [1.54, 1.807) is 4.90 Å². The molecule has 0 aromatic carbocycles. The van der Waals surface area contributed by atoms with E-state index in [-0.39, 0.29) is 30.1 Å². The summed E-state index contributed by atoms with van der Waals surface area (Å²) in [6.45, 7) is 2.01. The molecule has 3 amide bonds. The summed E-state index contributed by atoms with van der Waals surface area (Å²) in [4.78, 5) is 55.3. The third kappa shape index (κ3) is 5.47. The molecule has 8 nitrogen and oxygen atoms in total. The maximum atomic E-state index is 13.6. The lowest BCUT2D eigenvalue weighted by atomic mass is 9.94. The summed E-state index contributed by atoms with van der Waals surface area (Å²) in [6.07, 6.45) is 14.4. The highest BCUT2D eigenvalue weighted by Crippen LogP contribution is 2.45. The van der Waals surface area contributed by atoms with Crippen LogP contribution in [0.4, 0.5) is 0 Å². The highest BCUT2D eigenvalue weighted by molar-refractivity contribution is 5.95. The molecular weight excluding hydrogens is 434 g/mol. The molecule has 0 aromatic heterocycles. The fraction of sp³-hybridized carbons (Fsp3) is 0.769. The fourth-order valence-corrected chi connectivity index (χ4v) is 5.87. The number of rotatable bonds is 3. The quantitative estimate of drug-likeness (QED) is 0.613. The van der Waals surface area contributed by atoms with E-state index in [0.29, 0.717) is 32.2 Å². The largest absolute Gasteiger partial charge is 0.479 e. The molecule has 0 aromatic rings. The van der Waals surface area contributed by atoms with Crippen LogP contribution in [0.5, 0.6) is 0 Å². The number of nitrogens with one attached hydrogen (secondary N) is 1. The van der Waals surface area contributed by atoms with Gasteiger partial charge in [0.15, 0.2) is 0 Å². The van der Waals surface area contributed by atoms with E-state index in [1.807, 2.05) is 17.1 Å². The standard InChI is InChI=1S/C26H39N3O5/c30-22(28-14-8-5-9-15-28)17-19-11-6-3-1-2-4-7-12-20-18-26(20,25(33)34)27-23(31)21-13-10-16-29(21)24(19)32/h7,12,19-21H,1-6,8-11,13-18H2,(H,27,31)(H,33,34). The van der Waals surface area contributed by atoms with Gasteiger partial charge in [0, 0.05) is 37.9 Å². The van der Waals surface area contributed by atoms with Gasteiger partial charge in [-0.2, -0.15) is 0 Å². The lowest BCUT2D eigenvalue weighted by molar-refractivity contribution is -0.147. The number of hydrogen-bond donors (Lipinski definition) is 2. The molecule has 3 fully saturated rings.